The average molecular weight is 224 g/mol. The third-order valence-electron chi connectivity index (χ3n) is 1.95. The summed E-state index contributed by atoms with van der Waals surface area (Å²) in [6.07, 6.45) is 0.0156. The topological polar surface area (TPSA) is 44.8 Å². The first-order valence-electron chi connectivity index (χ1n) is 5.02. The smallest absolute Gasteiger partial charge is 0.341 e. The second kappa shape index (κ2) is 5.39. The monoisotopic (exact) mass is 224 g/mol. The van der Waals surface area contributed by atoms with Gasteiger partial charge in [0, 0.05) is 0 Å². The summed E-state index contributed by atoms with van der Waals surface area (Å²) >= 11 is 0. The normalized spacial score (nSPS) is 10.1. The van der Waals surface area contributed by atoms with E-state index in [-0.39, 0.29) is 6.10 Å². The first-order valence-corrected chi connectivity index (χ1v) is 5.02. The van der Waals surface area contributed by atoms with Crippen LogP contribution >= 0.6 is 0 Å². The Morgan fingerprint density at radius 3 is 2.44 bits per heavy atom. The van der Waals surface area contributed by atoms with Crippen LogP contribution in [0.25, 0.3) is 0 Å². The number of carbonyl (C=O) groups excluding carboxylic acids is 1. The Morgan fingerprint density at radius 2 is 1.94 bits per heavy atom. The van der Waals surface area contributed by atoms with Crippen LogP contribution in [0.5, 0.6) is 11.5 Å². The molecule has 0 bridgehead atoms. The summed E-state index contributed by atoms with van der Waals surface area (Å²) in [6, 6.07) is 5.12. The fraction of sp³-hybridized carbons (Fsp3) is 0.417. The van der Waals surface area contributed by atoms with Gasteiger partial charge in [-0.2, -0.15) is 0 Å². The molecule has 0 saturated heterocycles. The van der Waals surface area contributed by atoms with Crippen LogP contribution in [0.15, 0.2) is 18.2 Å². The van der Waals surface area contributed by atoms with Crippen molar-refractivity contribution in [3.8, 4) is 11.5 Å². The third-order valence-corrected chi connectivity index (χ3v) is 1.95. The van der Waals surface area contributed by atoms with Gasteiger partial charge in [0.05, 0.1) is 20.3 Å². The quantitative estimate of drug-likeness (QED) is 0.736. The molecule has 0 atom stereocenters. The second-order valence-electron chi connectivity index (χ2n) is 3.50. The lowest BCUT2D eigenvalue weighted by Gasteiger charge is -2.15. The molecule has 1 rings (SSSR count). The van der Waals surface area contributed by atoms with Gasteiger partial charge in [0.1, 0.15) is 5.56 Å². The molecule has 0 aliphatic rings. The van der Waals surface area contributed by atoms with E-state index >= 15 is 0 Å². The molecule has 0 fully saturated rings. The number of esters is 1. The maximum absolute atomic E-state index is 11.5. The van der Waals surface area contributed by atoms with Crippen molar-refractivity contribution in [2.45, 2.75) is 20.0 Å². The highest BCUT2D eigenvalue weighted by Crippen LogP contribution is 2.32. The fourth-order valence-electron chi connectivity index (χ4n) is 1.34. The molecular weight excluding hydrogens is 208 g/mol. The maximum atomic E-state index is 11.5. The standard InChI is InChI=1S/C12H16O4/c1-8(2)16-10-7-5-6-9(11(10)14-3)12(13)15-4/h5-8H,1-4H3. The minimum absolute atomic E-state index is 0.0156. The molecule has 1 aromatic rings. The van der Waals surface area contributed by atoms with E-state index in [1.54, 1.807) is 18.2 Å². The van der Waals surface area contributed by atoms with Crippen LogP contribution in [-0.4, -0.2) is 26.3 Å². The van der Waals surface area contributed by atoms with Crippen LogP contribution in [0.3, 0.4) is 0 Å². The molecule has 4 nitrogen and oxygen atoms in total. The Labute approximate surface area is 95.1 Å². The van der Waals surface area contributed by atoms with Crippen LogP contribution in [0.4, 0.5) is 0 Å². The van der Waals surface area contributed by atoms with Gasteiger partial charge in [-0.15, -0.1) is 0 Å². The molecule has 88 valence electrons. The van der Waals surface area contributed by atoms with E-state index in [0.717, 1.165) is 0 Å². The van der Waals surface area contributed by atoms with Crippen molar-refractivity contribution in [2.24, 2.45) is 0 Å². The number of carbonyl (C=O) groups is 1. The van der Waals surface area contributed by atoms with Gasteiger partial charge in [-0.3, -0.25) is 0 Å². The van der Waals surface area contributed by atoms with Crippen molar-refractivity contribution in [1.29, 1.82) is 0 Å². The number of rotatable bonds is 4. The average Bonchev–Trinajstić information content (AvgIpc) is 2.27. The molecule has 16 heavy (non-hydrogen) atoms. The molecule has 0 radical (unpaired) electrons. The van der Waals surface area contributed by atoms with Crippen LogP contribution in [0.1, 0.15) is 24.2 Å². The fourth-order valence-corrected chi connectivity index (χ4v) is 1.34. The number of methoxy groups -OCH3 is 2. The third kappa shape index (κ3) is 2.66. The van der Waals surface area contributed by atoms with Gasteiger partial charge in [0.15, 0.2) is 11.5 Å². The predicted molar refractivity (Wildman–Crippen MR) is 60.1 cm³/mol. The van der Waals surface area contributed by atoms with Crippen molar-refractivity contribution in [3.63, 3.8) is 0 Å². The second-order valence-corrected chi connectivity index (χ2v) is 3.50. The van der Waals surface area contributed by atoms with E-state index in [0.29, 0.717) is 17.1 Å². The Morgan fingerprint density at radius 1 is 1.25 bits per heavy atom. The Hall–Kier alpha value is -1.71. The molecule has 0 aliphatic carbocycles. The number of benzene rings is 1. The molecule has 4 heteroatoms. The zero-order valence-corrected chi connectivity index (χ0v) is 9.94. The van der Waals surface area contributed by atoms with Gasteiger partial charge in [0.2, 0.25) is 0 Å². The zero-order chi connectivity index (χ0) is 12.1. The molecular formula is C12H16O4. The number of hydrogen-bond donors (Lipinski definition) is 0. The molecule has 0 aliphatic heterocycles. The molecule has 0 saturated carbocycles. The van der Waals surface area contributed by atoms with E-state index in [2.05, 4.69) is 4.74 Å². The summed E-state index contributed by atoms with van der Waals surface area (Å²) < 4.78 is 15.4. The van der Waals surface area contributed by atoms with Gasteiger partial charge in [-0.1, -0.05) is 6.07 Å². The minimum atomic E-state index is -0.439. The van der Waals surface area contributed by atoms with E-state index in [1.165, 1.54) is 14.2 Å². The zero-order valence-electron chi connectivity index (χ0n) is 9.94. The Kier molecular flexibility index (Phi) is 4.17. The number of para-hydroxylation sites is 1. The highest BCUT2D eigenvalue weighted by molar-refractivity contribution is 5.93. The summed E-state index contributed by atoms with van der Waals surface area (Å²) in [6.45, 7) is 3.81. The van der Waals surface area contributed by atoms with Gasteiger partial charge < -0.3 is 14.2 Å². The lowest BCUT2D eigenvalue weighted by molar-refractivity contribution is 0.0595. The molecule has 0 N–H and O–H groups in total. The van der Waals surface area contributed by atoms with Crippen molar-refractivity contribution in [3.05, 3.63) is 23.8 Å². The van der Waals surface area contributed by atoms with Gasteiger partial charge >= 0.3 is 5.97 Å². The summed E-state index contributed by atoms with van der Waals surface area (Å²) in [5.41, 5.74) is 0.364. The molecule has 0 unspecified atom stereocenters. The molecule has 1 aromatic carbocycles. The van der Waals surface area contributed by atoms with Gasteiger partial charge in [-0.25, -0.2) is 4.79 Å². The van der Waals surface area contributed by atoms with Gasteiger partial charge in [0.25, 0.3) is 0 Å². The first-order chi connectivity index (χ1) is 7.60. The lowest BCUT2D eigenvalue weighted by Crippen LogP contribution is -2.09. The Balaban J connectivity index is 3.15. The van der Waals surface area contributed by atoms with Crippen LogP contribution in [0.2, 0.25) is 0 Å². The lowest BCUT2D eigenvalue weighted by atomic mass is 10.2. The van der Waals surface area contributed by atoms with E-state index in [1.807, 2.05) is 13.8 Å². The van der Waals surface area contributed by atoms with Crippen LogP contribution < -0.4 is 9.47 Å². The SMILES string of the molecule is COC(=O)c1cccc(OC(C)C)c1OC. The van der Waals surface area contributed by atoms with Crippen molar-refractivity contribution >= 4 is 5.97 Å². The largest absolute Gasteiger partial charge is 0.492 e. The minimum Gasteiger partial charge on any atom is -0.492 e. The maximum Gasteiger partial charge on any atom is 0.341 e. The van der Waals surface area contributed by atoms with E-state index in [9.17, 15) is 4.79 Å². The highest BCUT2D eigenvalue weighted by Gasteiger charge is 2.17. The van der Waals surface area contributed by atoms with E-state index < -0.39 is 5.97 Å². The summed E-state index contributed by atoms with van der Waals surface area (Å²) in [5.74, 6) is 0.509. The Bertz CT molecular complexity index is 371. The summed E-state index contributed by atoms with van der Waals surface area (Å²) in [7, 11) is 2.83. The number of ether oxygens (including phenoxy) is 3. The van der Waals surface area contributed by atoms with Gasteiger partial charge in [-0.05, 0) is 26.0 Å². The van der Waals surface area contributed by atoms with E-state index in [4.69, 9.17) is 9.47 Å². The highest BCUT2D eigenvalue weighted by atomic mass is 16.5. The molecule has 0 amide bonds. The van der Waals surface area contributed by atoms with Crippen molar-refractivity contribution in [2.75, 3.05) is 14.2 Å². The van der Waals surface area contributed by atoms with Crippen LogP contribution in [-0.2, 0) is 4.74 Å². The predicted octanol–water partition coefficient (Wildman–Crippen LogP) is 2.27. The van der Waals surface area contributed by atoms with Crippen LogP contribution in [0, 0.1) is 0 Å². The number of hydrogen-bond acceptors (Lipinski definition) is 4. The molecule has 0 aromatic heterocycles. The summed E-state index contributed by atoms with van der Waals surface area (Å²) in [4.78, 5) is 11.5. The molecule has 0 heterocycles. The van der Waals surface area contributed by atoms with Crippen molar-refractivity contribution < 1.29 is 19.0 Å². The van der Waals surface area contributed by atoms with Crippen molar-refractivity contribution in [1.82, 2.24) is 0 Å². The first kappa shape index (κ1) is 12.4. The molecule has 0 spiro atoms. The summed E-state index contributed by atoms with van der Waals surface area (Å²) in [5, 5.41) is 0.